The fraction of sp³-hybridized carbons (Fsp3) is 0.526. The number of hydrogen-bond donors (Lipinski definition) is 0. The maximum Gasteiger partial charge on any atom is 0.324 e. The molecular weight excluding hydrogens is 334 g/mol. The number of aromatic nitrogens is 2. The van der Waals surface area contributed by atoms with Crippen molar-refractivity contribution in [1.82, 2.24) is 10.1 Å². The molecule has 1 atom stereocenters. The van der Waals surface area contributed by atoms with E-state index in [9.17, 15) is 4.79 Å². The summed E-state index contributed by atoms with van der Waals surface area (Å²) >= 11 is 0. The van der Waals surface area contributed by atoms with Gasteiger partial charge < -0.3 is 18.9 Å². The maximum absolute atomic E-state index is 12.1. The molecule has 7 heteroatoms. The molecule has 1 aliphatic heterocycles. The minimum absolute atomic E-state index is 0.163. The third-order valence-corrected chi connectivity index (χ3v) is 5.17. The quantitative estimate of drug-likeness (QED) is 0.759. The Morgan fingerprint density at radius 2 is 2.15 bits per heavy atom. The third kappa shape index (κ3) is 3.52. The summed E-state index contributed by atoms with van der Waals surface area (Å²) in [6, 6.07) is 8.02. The highest BCUT2D eigenvalue weighted by Crippen LogP contribution is 2.36. The summed E-state index contributed by atoms with van der Waals surface area (Å²) in [5.74, 6) is 1.24. The van der Waals surface area contributed by atoms with Crippen LogP contribution in [0.15, 0.2) is 28.8 Å². The predicted octanol–water partition coefficient (Wildman–Crippen LogP) is 3.16. The Labute approximate surface area is 153 Å². The van der Waals surface area contributed by atoms with Crippen molar-refractivity contribution in [3.63, 3.8) is 0 Å². The Kier molecular flexibility index (Phi) is 5.15. The van der Waals surface area contributed by atoms with Crippen LogP contribution in [0.1, 0.15) is 26.7 Å². The molecule has 7 nitrogen and oxygen atoms in total. The van der Waals surface area contributed by atoms with Crippen molar-refractivity contribution in [1.29, 1.82) is 0 Å². The van der Waals surface area contributed by atoms with E-state index >= 15 is 0 Å². The van der Waals surface area contributed by atoms with Gasteiger partial charge in [-0.25, -0.2) is 0 Å². The van der Waals surface area contributed by atoms with Gasteiger partial charge >= 0.3 is 12.0 Å². The van der Waals surface area contributed by atoms with Crippen LogP contribution in [0.4, 0.5) is 6.01 Å². The topological polar surface area (TPSA) is 77.7 Å². The van der Waals surface area contributed by atoms with Crippen LogP contribution in [0.3, 0.4) is 0 Å². The van der Waals surface area contributed by atoms with Crippen LogP contribution in [0.25, 0.3) is 11.4 Å². The Hall–Kier alpha value is -2.57. The van der Waals surface area contributed by atoms with Gasteiger partial charge in [0.2, 0.25) is 5.82 Å². The van der Waals surface area contributed by atoms with Crippen molar-refractivity contribution >= 4 is 12.0 Å². The zero-order valence-electron chi connectivity index (χ0n) is 15.7. The number of nitrogens with zero attached hydrogens (tertiary/aromatic N) is 3. The molecule has 0 N–H and O–H groups in total. The molecule has 26 heavy (non-hydrogen) atoms. The molecule has 2 heterocycles. The summed E-state index contributed by atoms with van der Waals surface area (Å²) in [5.41, 5.74) is 0.283. The molecule has 0 bridgehead atoms. The fourth-order valence-corrected chi connectivity index (χ4v) is 3.39. The van der Waals surface area contributed by atoms with Crippen molar-refractivity contribution in [2.75, 3.05) is 32.2 Å². The van der Waals surface area contributed by atoms with E-state index < -0.39 is 5.41 Å². The molecule has 0 saturated carbocycles. The van der Waals surface area contributed by atoms with Crippen molar-refractivity contribution in [2.45, 2.75) is 26.7 Å². The number of carbonyl (C=O) groups excluding carboxylic acids is 1. The SMILES string of the molecule is COC(=O)C(C)(C)C1CCCN(c2nc(-c3cccc(OC)c3)no2)C1. The molecule has 1 fully saturated rings. The summed E-state index contributed by atoms with van der Waals surface area (Å²) in [6.07, 6.45) is 1.93. The van der Waals surface area contributed by atoms with E-state index in [4.69, 9.17) is 14.0 Å². The number of esters is 1. The van der Waals surface area contributed by atoms with E-state index in [1.807, 2.05) is 38.1 Å². The number of hydrogen-bond acceptors (Lipinski definition) is 7. The largest absolute Gasteiger partial charge is 0.497 e. The molecule has 0 amide bonds. The Bertz CT molecular complexity index is 772. The first-order valence-corrected chi connectivity index (χ1v) is 8.77. The van der Waals surface area contributed by atoms with E-state index in [2.05, 4.69) is 15.0 Å². The maximum atomic E-state index is 12.1. The van der Waals surface area contributed by atoms with E-state index in [1.54, 1.807) is 7.11 Å². The van der Waals surface area contributed by atoms with Gasteiger partial charge in [-0.2, -0.15) is 4.98 Å². The fourth-order valence-electron chi connectivity index (χ4n) is 3.39. The lowest BCUT2D eigenvalue weighted by Gasteiger charge is -2.38. The number of benzene rings is 1. The number of anilines is 1. The summed E-state index contributed by atoms with van der Waals surface area (Å²) in [6.45, 7) is 5.38. The molecule has 1 aromatic carbocycles. The first kappa shape index (κ1) is 18.2. The molecule has 1 aromatic heterocycles. The van der Waals surface area contributed by atoms with Crippen LogP contribution in [-0.4, -0.2) is 43.4 Å². The summed E-state index contributed by atoms with van der Waals surface area (Å²) in [5, 5.41) is 4.10. The molecule has 140 valence electrons. The van der Waals surface area contributed by atoms with Gasteiger partial charge in [0.1, 0.15) is 5.75 Å². The third-order valence-electron chi connectivity index (χ3n) is 5.17. The molecule has 0 aliphatic carbocycles. The first-order chi connectivity index (χ1) is 12.5. The minimum Gasteiger partial charge on any atom is -0.497 e. The zero-order chi connectivity index (χ0) is 18.7. The Morgan fingerprint density at radius 3 is 2.88 bits per heavy atom. The molecule has 3 rings (SSSR count). The lowest BCUT2D eigenvalue weighted by atomic mass is 9.74. The van der Waals surface area contributed by atoms with Crippen LogP contribution >= 0.6 is 0 Å². The number of methoxy groups -OCH3 is 2. The normalized spacial score (nSPS) is 17.8. The van der Waals surface area contributed by atoms with Gasteiger partial charge in [-0.05, 0) is 44.7 Å². The highest BCUT2D eigenvalue weighted by atomic mass is 16.5. The minimum atomic E-state index is -0.553. The van der Waals surface area contributed by atoms with Crippen molar-refractivity contribution in [3.05, 3.63) is 24.3 Å². The van der Waals surface area contributed by atoms with Crippen molar-refractivity contribution in [2.24, 2.45) is 11.3 Å². The van der Waals surface area contributed by atoms with Crippen LogP contribution in [0.5, 0.6) is 5.75 Å². The smallest absolute Gasteiger partial charge is 0.324 e. The van der Waals surface area contributed by atoms with Crippen LogP contribution in [0.2, 0.25) is 0 Å². The van der Waals surface area contributed by atoms with E-state index in [0.29, 0.717) is 18.4 Å². The average Bonchev–Trinajstić information content (AvgIpc) is 3.17. The van der Waals surface area contributed by atoms with Gasteiger partial charge in [-0.1, -0.05) is 17.3 Å². The van der Waals surface area contributed by atoms with Crippen LogP contribution < -0.4 is 9.64 Å². The number of rotatable bonds is 5. The van der Waals surface area contributed by atoms with E-state index in [0.717, 1.165) is 30.7 Å². The molecule has 1 saturated heterocycles. The summed E-state index contributed by atoms with van der Waals surface area (Å²) < 4.78 is 15.7. The van der Waals surface area contributed by atoms with Crippen molar-refractivity contribution in [3.8, 4) is 17.1 Å². The lowest BCUT2D eigenvalue weighted by Crippen LogP contribution is -2.45. The van der Waals surface area contributed by atoms with E-state index in [1.165, 1.54) is 7.11 Å². The first-order valence-electron chi connectivity index (χ1n) is 8.77. The standard InChI is InChI=1S/C19H25N3O4/c1-19(2,17(23)25-4)14-8-6-10-22(12-14)18-20-16(21-26-18)13-7-5-9-15(11-13)24-3/h5,7,9,11,14H,6,8,10,12H2,1-4H3. The molecule has 2 aromatic rings. The number of carbonyl (C=O) groups is 1. The number of piperidine rings is 1. The summed E-state index contributed by atoms with van der Waals surface area (Å²) in [7, 11) is 3.06. The molecule has 1 unspecified atom stereocenters. The van der Waals surface area contributed by atoms with Crippen LogP contribution in [-0.2, 0) is 9.53 Å². The van der Waals surface area contributed by atoms with Crippen LogP contribution in [0, 0.1) is 11.3 Å². The second kappa shape index (κ2) is 7.35. The zero-order valence-corrected chi connectivity index (χ0v) is 15.7. The van der Waals surface area contributed by atoms with Gasteiger partial charge in [-0.15, -0.1) is 0 Å². The van der Waals surface area contributed by atoms with Gasteiger partial charge in [-0.3, -0.25) is 4.79 Å². The van der Waals surface area contributed by atoms with Gasteiger partial charge in [0.25, 0.3) is 0 Å². The highest BCUT2D eigenvalue weighted by molar-refractivity contribution is 5.76. The molecular formula is C19H25N3O4. The molecule has 1 aliphatic rings. The average molecular weight is 359 g/mol. The van der Waals surface area contributed by atoms with Gasteiger partial charge in [0, 0.05) is 18.7 Å². The second-order valence-corrected chi connectivity index (χ2v) is 7.13. The second-order valence-electron chi connectivity index (χ2n) is 7.13. The van der Waals surface area contributed by atoms with Gasteiger partial charge in [0.15, 0.2) is 0 Å². The van der Waals surface area contributed by atoms with Gasteiger partial charge in [0.05, 0.1) is 19.6 Å². The van der Waals surface area contributed by atoms with Crippen molar-refractivity contribution < 1.29 is 18.8 Å². The molecule has 0 radical (unpaired) electrons. The Balaban J connectivity index is 1.77. The highest BCUT2D eigenvalue weighted by Gasteiger charge is 2.40. The monoisotopic (exact) mass is 359 g/mol. The summed E-state index contributed by atoms with van der Waals surface area (Å²) in [4.78, 5) is 18.7. The predicted molar refractivity (Wildman–Crippen MR) is 97.0 cm³/mol. The lowest BCUT2D eigenvalue weighted by molar-refractivity contribution is -0.154. The Morgan fingerprint density at radius 1 is 1.35 bits per heavy atom. The van der Waals surface area contributed by atoms with E-state index in [-0.39, 0.29) is 11.9 Å². The molecule has 0 spiro atoms. The number of ether oxygens (including phenoxy) is 2.